The van der Waals surface area contributed by atoms with Crippen molar-refractivity contribution < 1.29 is 9.18 Å². The van der Waals surface area contributed by atoms with Gasteiger partial charge in [-0.05, 0) is 43.0 Å². The second-order valence-corrected chi connectivity index (χ2v) is 5.65. The predicted octanol–water partition coefficient (Wildman–Crippen LogP) is 1.93. The minimum absolute atomic E-state index is 0.192. The van der Waals surface area contributed by atoms with Crippen LogP contribution in [0.25, 0.3) is 0 Å². The zero-order valence-electron chi connectivity index (χ0n) is 10.9. The average Bonchev–Trinajstić information content (AvgIpc) is 3.16. The number of carbonyl (C=O) groups excluding carboxylic acids is 1. The Balaban J connectivity index is 1.52. The summed E-state index contributed by atoms with van der Waals surface area (Å²) in [5.74, 6) is 0.791. The Labute approximate surface area is 112 Å². The lowest BCUT2D eigenvalue weighted by atomic mass is 10.2. The number of amides is 1. The van der Waals surface area contributed by atoms with Crippen LogP contribution in [0.2, 0.25) is 0 Å². The van der Waals surface area contributed by atoms with Crippen molar-refractivity contribution in [1.29, 1.82) is 0 Å². The summed E-state index contributed by atoms with van der Waals surface area (Å²) in [6.45, 7) is 2.39. The Bertz CT molecular complexity index is 456. The Morgan fingerprint density at radius 1 is 1.26 bits per heavy atom. The highest BCUT2D eigenvalue weighted by atomic mass is 19.1. The van der Waals surface area contributed by atoms with E-state index in [0.717, 1.165) is 24.6 Å². The fourth-order valence-corrected chi connectivity index (χ4v) is 2.53. The maximum absolute atomic E-state index is 12.8. The molecule has 1 aliphatic heterocycles. The molecule has 19 heavy (non-hydrogen) atoms. The second-order valence-electron chi connectivity index (χ2n) is 5.65. The number of hydrogen-bond donors (Lipinski definition) is 1. The van der Waals surface area contributed by atoms with Crippen molar-refractivity contribution in [1.82, 2.24) is 10.2 Å². The van der Waals surface area contributed by atoms with Crippen molar-refractivity contribution in [3.05, 3.63) is 35.6 Å². The smallest absolute Gasteiger partial charge is 0.224 e. The van der Waals surface area contributed by atoms with Gasteiger partial charge >= 0.3 is 0 Å². The quantitative estimate of drug-likeness (QED) is 0.879. The zero-order valence-corrected chi connectivity index (χ0v) is 10.9. The molecule has 0 aromatic heterocycles. The SMILES string of the molecule is O=C1CC(NCC2CC2)CN1Cc1ccc(F)cc1. The van der Waals surface area contributed by atoms with Crippen molar-refractivity contribution >= 4 is 5.91 Å². The van der Waals surface area contributed by atoms with Gasteiger partial charge in [0.05, 0.1) is 0 Å². The molecule has 1 saturated heterocycles. The van der Waals surface area contributed by atoms with Gasteiger partial charge in [0.25, 0.3) is 0 Å². The first-order valence-corrected chi connectivity index (χ1v) is 6.96. The van der Waals surface area contributed by atoms with Gasteiger partial charge < -0.3 is 10.2 Å². The highest BCUT2D eigenvalue weighted by molar-refractivity contribution is 5.79. The van der Waals surface area contributed by atoms with Crippen molar-refractivity contribution in [2.24, 2.45) is 5.92 Å². The second kappa shape index (κ2) is 5.29. The molecule has 1 aliphatic carbocycles. The molecule has 3 nitrogen and oxygen atoms in total. The summed E-state index contributed by atoms with van der Waals surface area (Å²) in [6, 6.07) is 6.66. The van der Waals surface area contributed by atoms with Crippen LogP contribution in [0.4, 0.5) is 4.39 Å². The molecule has 1 aromatic carbocycles. The fraction of sp³-hybridized carbons (Fsp3) is 0.533. The molecule has 3 rings (SSSR count). The van der Waals surface area contributed by atoms with E-state index in [9.17, 15) is 9.18 Å². The third-order valence-electron chi connectivity index (χ3n) is 3.89. The molecule has 1 atom stereocenters. The molecular formula is C15H19FN2O. The topological polar surface area (TPSA) is 32.3 Å². The Kier molecular flexibility index (Phi) is 3.51. The van der Waals surface area contributed by atoms with Gasteiger partial charge in [-0.2, -0.15) is 0 Å². The predicted molar refractivity (Wildman–Crippen MR) is 70.9 cm³/mol. The van der Waals surface area contributed by atoms with Crippen LogP contribution in [0.1, 0.15) is 24.8 Å². The Morgan fingerprint density at radius 2 is 2.00 bits per heavy atom. The average molecular weight is 262 g/mol. The van der Waals surface area contributed by atoms with Crippen molar-refractivity contribution in [2.45, 2.75) is 31.8 Å². The molecule has 2 aliphatic rings. The van der Waals surface area contributed by atoms with Crippen LogP contribution < -0.4 is 5.32 Å². The molecule has 1 saturated carbocycles. The van der Waals surface area contributed by atoms with Gasteiger partial charge in [-0.1, -0.05) is 12.1 Å². The van der Waals surface area contributed by atoms with Crippen LogP contribution in [-0.2, 0) is 11.3 Å². The molecule has 1 amide bonds. The molecule has 0 bridgehead atoms. The van der Waals surface area contributed by atoms with Gasteiger partial charge in [0.15, 0.2) is 0 Å². The molecule has 4 heteroatoms. The summed E-state index contributed by atoms with van der Waals surface area (Å²) in [6.07, 6.45) is 3.24. The first-order chi connectivity index (χ1) is 9.20. The van der Waals surface area contributed by atoms with Gasteiger partial charge in [0.2, 0.25) is 5.91 Å². The molecule has 1 N–H and O–H groups in total. The first-order valence-electron chi connectivity index (χ1n) is 6.96. The molecule has 0 spiro atoms. The molecule has 1 unspecified atom stereocenters. The summed E-state index contributed by atoms with van der Waals surface area (Å²) >= 11 is 0. The van der Waals surface area contributed by atoms with E-state index in [-0.39, 0.29) is 17.8 Å². The zero-order chi connectivity index (χ0) is 13.2. The highest BCUT2D eigenvalue weighted by Crippen LogP contribution is 2.28. The van der Waals surface area contributed by atoms with Crippen LogP contribution in [0.15, 0.2) is 24.3 Å². The molecule has 102 valence electrons. The number of likely N-dealkylation sites (tertiary alicyclic amines) is 1. The van der Waals surface area contributed by atoms with Gasteiger partial charge in [-0.3, -0.25) is 4.79 Å². The number of benzene rings is 1. The van der Waals surface area contributed by atoms with Crippen molar-refractivity contribution in [3.8, 4) is 0 Å². The van der Waals surface area contributed by atoms with Crippen LogP contribution in [0.5, 0.6) is 0 Å². The lowest BCUT2D eigenvalue weighted by molar-refractivity contribution is -0.128. The van der Waals surface area contributed by atoms with Crippen molar-refractivity contribution in [3.63, 3.8) is 0 Å². The number of rotatable bonds is 5. The van der Waals surface area contributed by atoms with Crippen LogP contribution in [-0.4, -0.2) is 29.9 Å². The standard InChI is InChI=1S/C15H19FN2O/c16-13-5-3-12(4-6-13)9-18-10-14(7-15(18)19)17-8-11-1-2-11/h3-6,11,14,17H,1-2,7-10H2. The largest absolute Gasteiger partial charge is 0.337 e. The Morgan fingerprint density at radius 3 is 2.68 bits per heavy atom. The summed E-state index contributed by atoms with van der Waals surface area (Å²) in [4.78, 5) is 13.8. The molecule has 1 heterocycles. The molecular weight excluding hydrogens is 243 g/mol. The van der Waals surface area contributed by atoms with Gasteiger partial charge in [-0.25, -0.2) is 4.39 Å². The maximum atomic E-state index is 12.8. The summed E-state index contributed by atoms with van der Waals surface area (Å²) in [5, 5.41) is 3.48. The minimum atomic E-state index is -0.236. The lowest BCUT2D eigenvalue weighted by Gasteiger charge is -2.17. The van der Waals surface area contributed by atoms with E-state index < -0.39 is 0 Å². The highest BCUT2D eigenvalue weighted by Gasteiger charge is 2.30. The van der Waals surface area contributed by atoms with E-state index in [0.29, 0.717) is 13.0 Å². The van der Waals surface area contributed by atoms with E-state index in [1.54, 1.807) is 12.1 Å². The number of carbonyl (C=O) groups is 1. The number of nitrogens with zero attached hydrogens (tertiary/aromatic N) is 1. The number of halogens is 1. The molecule has 1 aromatic rings. The van der Waals surface area contributed by atoms with Crippen LogP contribution in [0.3, 0.4) is 0 Å². The minimum Gasteiger partial charge on any atom is -0.337 e. The van der Waals surface area contributed by atoms with E-state index in [4.69, 9.17) is 0 Å². The van der Waals surface area contributed by atoms with E-state index >= 15 is 0 Å². The van der Waals surface area contributed by atoms with Crippen molar-refractivity contribution in [2.75, 3.05) is 13.1 Å². The van der Waals surface area contributed by atoms with Gasteiger partial charge in [0.1, 0.15) is 5.82 Å². The van der Waals surface area contributed by atoms with Gasteiger partial charge in [-0.15, -0.1) is 0 Å². The summed E-state index contributed by atoms with van der Waals surface area (Å²) in [7, 11) is 0. The monoisotopic (exact) mass is 262 g/mol. The number of hydrogen-bond acceptors (Lipinski definition) is 2. The number of nitrogens with one attached hydrogen (secondary N) is 1. The normalized spacial score (nSPS) is 23.1. The van der Waals surface area contributed by atoms with Gasteiger partial charge in [0, 0.05) is 25.6 Å². The fourth-order valence-electron chi connectivity index (χ4n) is 2.53. The Hall–Kier alpha value is -1.42. The molecule has 2 fully saturated rings. The first kappa shape index (κ1) is 12.6. The van der Waals surface area contributed by atoms with Crippen LogP contribution in [0, 0.1) is 11.7 Å². The van der Waals surface area contributed by atoms with E-state index in [1.165, 1.54) is 25.0 Å². The third-order valence-corrected chi connectivity index (χ3v) is 3.89. The van der Waals surface area contributed by atoms with E-state index in [1.807, 2.05) is 4.90 Å². The lowest BCUT2D eigenvalue weighted by Crippen LogP contribution is -2.33. The third kappa shape index (κ3) is 3.32. The summed E-state index contributed by atoms with van der Waals surface area (Å²) < 4.78 is 12.8. The van der Waals surface area contributed by atoms with Crippen LogP contribution >= 0.6 is 0 Å². The van der Waals surface area contributed by atoms with E-state index in [2.05, 4.69) is 5.32 Å². The molecule has 0 radical (unpaired) electrons. The summed E-state index contributed by atoms with van der Waals surface area (Å²) in [5.41, 5.74) is 0.984. The maximum Gasteiger partial charge on any atom is 0.224 e.